The smallest absolute Gasteiger partial charge is 0.239 e. The van der Waals surface area contributed by atoms with Crippen molar-refractivity contribution in [3.8, 4) is 0 Å². The number of nitrogens with one attached hydrogen (secondary N) is 1. The maximum atomic E-state index is 11.9. The van der Waals surface area contributed by atoms with Crippen LogP contribution in [0.5, 0.6) is 0 Å². The van der Waals surface area contributed by atoms with Gasteiger partial charge in [0.25, 0.3) is 0 Å². The Morgan fingerprint density at radius 1 is 1.56 bits per heavy atom. The van der Waals surface area contributed by atoms with E-state index in [0.29, 0.717) is 19.5 Å². The van der Waals surface area contributed by atoms with Crippen molar-refractivity contribution in [1.82, 2.24) is 9.62 Å². The molecule has 18 heavy (non-hydrogen) atoms. The van der Waals surface area contributed by atoms with Gasteiger partial charge in [0.15, 0.2) is 0 Å². The Morgan fingerprint density at radius 3 is 2.78 bits per heavy atom. The van der Waals surface area contributed by atoms with E-state index in [4.69, 9.17) is 5.73 Å². The highest BCUT2D eigenvalue weighted by Crippen LogP contribution is 2.16. The average Bonchev–Trinajstić information content (AvgIpc) is 2.34. The van der Waals surface area contributed by atoms with Gasteiger partial charge in [-0.3, -0.25) is 4.79 Å². The van der Waals surface area contributed by atoms with Crippen LogP contribution in [0.3, 0.4) is 0 Å². The Hall–Kier alpha value is -0.660. The number of hydrogen-bond donors (Lipinski definition) is 2. The zero-order valence-corrected chi connectivity index (χ0v) is 11.9. The number of rotatable bonds is 5. The standard InChI is InChI=1S/C11H23N3O3S/c1-3-10(12)11(15)14-6-4-5-9(8-14)7-13-18(2,16)17/h9-10,13H,3-8,12H2,1-2H3/t9?,10-/m1/s1. The Balaban J connectivity index is 2.48. The molecule has 106 valence electrons. The summed E-state index contributed by atoms with van der Waals surface area (Å²) in [5, 5.41) is 0. The van der Waals surface area contributed by atoms with Crippen LogP contribution in [0.4, 0.5) is 0 Å². The largest absolute Gasteiger partial charge is 0.341 e. The summed E-state index contributed by atoms with van der Waals surface area (Å²) in [6.07, 6.45) is 3.61. The van der Waals surface area contributed by atoms with Gasteiger partial charge in [-0.25, -0.2) is 13.1 Å². The van der Waals surface area contributed by atoms with Crippen molar-refractivity contribution in [2.75, 3.05) is 25.9 Å². The number of nitrogens with two attached hydrogens (primary N) is 1. The van der Waals surface area contributed by atoms with E-state index in [-0.39, 0.29) is 11.8 Å². The molecule has 1 unspecified atom stereocenters. The molecule has 0 saturated carbocycles. The molecule has 1 fully saturated rings. The zero-order chi connectivity index (χ0) is 13.8. The second-order valence-corrected chi connectivity index (χ2v) is 6.76. The Kier molecular flexibility index (Phi) is 5.55. The number of nitrogens with zero attached hydrogens (tertiary/aromatic N) is 1. The third kappa shape index (κ3) is 4.91. The van der Waals surface area contributed by atoms with Crippen LogP contribution in [0.15, 0.2) is 0 Å². The van der Waals surface area contributed by atoms with Gasteiger partial charge in [-0.15, -0.1) is 0 Å². The van der Waals surface area contributed by atoms with Gasteiger partial charge in [-0.05, 0) is 25.2 Å². The molecule has 0 aliphatic carbocycles. The molecule has 6 nitrogen and oxygen atoms in total. The van der Waals surface area contributed by atoms with Gasteiger partial charge in [0.1, 0.15) is 0 Å². The fourth-order valence-electron chi connectivity index (χ4n) is 2.11. The molecular formula is C11H23N3O3S. The summed E-state index contributed by atoms with van der Waals surface area (Å²) in [5.41, 5.74) is 5.73. The van der Waals surface area contributed by atoms with E-state index in [1.165, 1.54) is 0 Å². The Bertz CT molecular complexity index is 383. The number of hydrogen-bond acceptors (Lipinski definition) is 4. The summed E-state index contributed by atoms with van der Waals surface area (Å²) < 4.78 is 24.6. The summed E-state index contributed by atoms with van der Waals surface area (Å²) >= 11 is 0. The molecule has 2 atom stereocenters. The molecule has 0 aromatic heterocycles. The Morgan fingerprint density at radius 2 is 2.22 bits per heavy atom. The average molecular weight is 277 g/mol. The molecule has 1 aliphatic heterocycles. The quantitative estimate of drug-likeness (QED) is 0.709. The highest BCUT2D eigenvalue weighted by molar-refractivity contribution is 7.88. The van der Waals surface area contributed by atoms with Gasteiger partial charge >= 0.3 is 0 Å². The van der Waals surface area contributed by atoms with Crippen LogP contribution >= 0.6 is 0 Å². The van der Waals surface area contributed by atoms with Crippen LogP contribution < -0.4 is 10.5 Å². The lowest BCUT2D eigenvalue weighted by Crippen LogP contribution is -2.49. The fraction of sp³-hybridized carbons (Fsp3) is 0.909. The highest BCUT2D eigenvalue weighted by atomic mass is 32.2. The lowest BCUT2D eigenvalue weighted by molar-refractivity contribution is -0.134. The molecule has 3 N–H and O–H groups in total. The first kappa shape index (κ1) is 15.4. The minimum absolute atomic E-state index is 0.0263. The van der Waals surface area contributed by atoms with Gasteiger partial charge < -0.3 is 10.6 Å². The first-order valence-corrected chi connectivity index (χ1v) is 8.21. The maximum absolute atomic E-state index is 11.9. The van der Waals surface area contributed by atoms with E-state index in [1.807, 2.05) is 6.92 Å². The van der Waals surface area contributed by atoms with Gasteiger partial charge in [0.05, 0.1) is 12.3 Å². The number of amides is 1. The van der Waals surface area contributed by atoms with Gasteiger partial charge in [-0.1, -0.05) is 6.92 Å². The summed E-state index contributed by atoms with van der Waals surface area (Å²) in [6.45, 7) is 3.59. The van der Waals surface area contributed by atoms with Crippen molar-refractivity contribution in [2.24, 2.45) is 11.7 Å². The molecular weight excluding hydrogens is 254 g/mol. The summed E-state index contributed by atoms with van der Waals surface area (Å²) in [4.78, 5) is 13.7. The van der Waals surface area contributed by atoms with Crippen molar-refractivity contribution >= 4 is 15.9 Å². The number of likely N-dealkylation sites (tertiary alicyclic amines) is 1. The number of carbonyl (C=O) groups excluding carboxylic acids is 1. The molecule has 1 saturated heterocycles. The molecule has 1 amide bonds. The van der Waals surface area contributed by atoms with Crippen LogP contribution in [-0.2, 0) is 14.8 Å². The second kappa shape index (κ2) is 6.49. The molecule has 7 heteroatoms. The SMILES string of the molecule is CC[C@@H](N)C(=O)N1CCCC(CNS(C)(=O)=O)C1. The van der Waals surface area contributed by atoms with Crippen LogP contribution in [0, 0.1) is 5.92 Å². The highest BCUT2D eigenvalue weighted by Gasteiger charge is 2.26. The number of piperidine rings is 1. The predicted molar refractivity (Wildman–Crippen MR) is 70.4 cm³/mol. The minimum atomic E-state index is -3.16. The normalized spacial score (nSPS) is 22.8. The zero-order valence-electron chi connectivity index (χ0n) is 11.1. The molecule has 0 spiro atoms. The fourth-order valence-corrected chi connectivity index (χ4v) is 2.65. The lowest BCUT2D eigenvalue weighted by atomic mass is 9.97. The van der Waals surface area contributed by atoms with Gasteiger partial charge in [0.2, 0.25) is 15.9 Å². The molecule has 0 aromatic carbocycles. The van der Waals surface area contributed by atoms with Gasteiger partial charge in [-0.2, -0.15) is 0 Å². The first-order chi connectivity index (χ1) is 8.33. The summed E-state index contributed by atoms with van der Waals surface area (Å²) in [7, 11) is -3.16. The van der Waals surface area contributed by atoms with Crippen LogP contribution in [0.2, 0.25) is 0 Å². The van der Waals surface area contributed by atoms with Crippen molar-refractivity contribution in [1.29, 1.82) is 0 Å². The number of carbonyl (C=O) groups is 1. The third-order valence-electron chi connectivity index (χ3n) is 3.22. The van der Waals surface area contributed by atoms with Crippen LogP contribution in [0.25, 0.3) is 0 Å². The third-order valence-corrected chi connectivity index (χ3v) is 3.91. The van der Waals surface area contributed by atoms with E-state index < -0.39 is 16.1 Å². The van der Waals surface area contributed by atoms with E-state index in [2.05, 4.69) is 4.72 Å². The van der Waals surface area contributed by atoms with Crippen LogP contribution in [-0.4, -0.2) is 51.2 Å². The minimum Gasteiger partial charge on any atom is -0.341 e. The molecule has 1 rings (SSSR count). The molecule has 0 radical (unpaired) electrons. The number of sulfonamides is 1. The summed E-state index contributed by atoms with van der Waals surface area (Å²) in [6, 6.07) is -0.438. The van der Waals surface area contributed by atoms with Gasteiger partial charge in [0, 0.05) is 19.6 Å². The molecule has 0 aromatic rings. The maximum Gasteiger partial charge on any atom is 0.239 e. The van der Waals surface area contributed by atoms with Crippen LogP contribution in [0.1, 0.15) is 26.2 Å². The van der Waals surface area contributed by atoms with Crippen molar-refractivity contribution < 1.29 is 13.2 Å². The molecule has 0 bridgehead atoms. The lowest BCUT2D eigenvalue weighted by Gasteiger charge is -2.34. The summed E-state index contributed by atoms with van der Waals surface area (Å²) in [5.74, 6) is 0.156. The van der Waals surface area contributed by atoms with E-state index in [1.54, 1.807) is 4.90 Å². The second-order valence-electron chi connectivity index (χ2n) is 4.93. The van der Waals surface area contributed by atoms with E-state index in [9.17, 15) is 13.2 Å². The Labute approximate surface area is 109 Å². The topological polar surface area (TPSA) is 92.5 Å². The van der Waals surface area contributed by atoms with E-state index >= 15 is 0 Å². The molecule has 1 aliphatic rings. The predicted octanol–water partition coefficient (Wildman–Crippen LogP) is -0.488. The first-order valence-electron chi connectivity index (χ1n) is 6.32. The monoisotopic (exact) mass is 277 g/mol. The van der Waals surface area contributed by atoms with E-state index in [0.717, 1.165) is 25.6 Å². The van der Waals surface area contributed by atoms with Crippen molar-refractivity contribution in [2.45, 2.75) is 32.2 Å². The van der Waals surface area contributed by atoms with Crippen molar-refractivity contribution in [3.05, 3.63) is 0 Å². The molecule has 1 heterocycles. The van der Waals surface area contributed by atoms with Crippen molar-refractivity contribution in [3.63, 3.8) is 0 Å².